The summed E-state index contributed by atoms with van der Waals surface area (Å²) in [5.74, 6) is -0.343. The van der Waals surface area contributed by atoms with Gasteiger partial charge in [-0.2, -0.15) is 4.98 Å². The third kappa shape index (κ3) is 5.85. The van der Waals surface area contributed by atoms with Crippen molar-refractivity contribution in [3.63, 3.8) is 0 Å². The van der Waals surface area contributed by atoms with Crippen molar-refractivity contribution in [2.45, 2.75) is 46.2 Å². The van der Waals surface area contributed by atoms with Crippen LogP contribution in [0, 0.1) is 0 Å². The van der Waals surface area contributed by atoms with Crippen molar-refractivity contribution in [3.05, 3.63) is 42.3 Å². The maximum absolute atomic E-state index is 13.4. The van der Waals surface area contributed by atoms with Gasteiger partial charge in [0.05, 0.1) is 12.0 Å². The number of aromatic nitrogens is 4. The van der Waals surface area contributed by atoms with Crippen LogP contribution in [0.4, 0.5) is 20.7 Å². The summed E-state index contributed by atoms with van der Waals surface area (Å²) < 4.78 is 27.9. The van der Waals surface area contributed by atoms with Crippen LogP contribution in [0.5, 0.6) is 0 Å². The van der Waals surface area contributed by atoms with Crippen molar-refractivity contribution in [3.8, 4) is 0 Å². The number of imidazole rings is 1. The first-order chi connectivity index (χ1) is 13.3. The average molecular weight is 392 g/mol. The van der Waals surface area contributed by atoms with Gasteiger partial charge in [0, 0.05) is 31.0 Å². The molecule has 0 aliphatic rings. The third-order valence-electron chi connectivity index (χ3n) is 3.74. The quantitative estimate of drug-likeness (QED) is 0.553. The maximum Gasteiger partial charge on any atom is 0.224 e. The number of rotatable bonds is 9. The largest absolute Gasteiger partial charge is 0.396 e. The van der Waals surface area contributed by atoms with Crippen LogP contribution in [0.25, 0.3) is 11.2 Å². The van der Waals surface area contributed by atoms with Crippen LogP contribution in [-0.2, 0) is 0 Å². The molecule has 0 spiro atoms. The maximum atomic E-state index is 13.4. The van der Waals surface area contributed by atoms with Crippen LogP contribution in [-0.4, -0.2) is 37.3 Å². The lowest BCUT2D eigenvalue weighted by Crippen LogP contribution is -2.14. The lowest BCUT2D eigenvalue weighted by molar-refractivity contribution is 0.264. The fraction of sp³-hybridized carbons (Fsp3) is 0.421. The highest BCUT2D eigenvalue weighted by Gasteiger charge is 2.17. The van der Waals surface area contributed by atoms with Crippen LogP contribution in [0.15, 0.2) is 42.3 Å². The van der Waals surface area contributed by atoms with Gasteiger partial charge in [-0.05, 0) is 46.3 Å². The Morgan fingerprint density at radius 2 is 2.04 bits per heavy atom. The van der Waals surface area contributed by atoms with Gasteiger partial charge in [-0.25, -0.2) is 18.7 Å². The first kappa shape index (κ1) is 21.5. The fourth-order valence-corrected chi connectivity index (χ4v) is 2.55. The van der Waals surface area contributed by atoms with E-state index in [1.807, 2.05) is 25.3 Å². The van der Waals surface area contributed by atoms with E-state index in [9.17, 15) is 13.9 Å². The number of aliphatic hydroxyl groups is 1. The summed E-state index contributed by atoms with van der Waals surface area (Å²) in [5.41, 5.74) is 1.21. The third-order valence-corrected chi connectivity index (χ3v) is 3.74. The number of aliphatic hydroxyl groups excluding tert-OH is 1. The number of halogens is 2. The minimum absolute atomic E-state index is 0.0150. The van der Waals surface area contributed by atoms with E-state index in [1.165, 1.54) is 19.2 Å². The number of nitrogens with one attached hydrogen (secondary N) is 2. The lowest BCUT2D eigenvalue weighted by Gasteiger charge is -2.16. The molecular weight excluding hydrogens is 366 g/mol. The highest BCUT2D eigenvalue weighted by atomic mass is 19.1. The van der Waals surface area contributed by atoms with Crippen molar-refractivity contribution in [1.82, 2.24) is 19.5 Å². The zero-order chi connectivity index (χ0) is 20.7. The van der Waals surface area contributed by atoms with Gasteiger partial charge in [-0.15, -0.1) is 0 Å². The topological polar surface area (TPSA) is 87.9 Å². The Kier molecular flexibility index (Phi) is 7.62. The van der Waals surface area contributed by atoms with Gasteiger partial charge >= 0.3 is 0 Å². The van der Waals surface area contributed by atoms with E-state index in [4.69, 9.17) is 0 Å². The second-order valence-corrected chi connectivity index (χ2v) is 6.65. The Morgan fingerprint density at radius 3 is 2.68 bits per heavy atom. The van der Waals surface area contributed by atoms with E-state index in [0.29, 0.717) is 29.5 Å². The molecule has 3 N–H and O–H groups in total. The van der Waals surface area contributed by atoms with E-state index >= 15 is 0 Å². The Morgan fingerprint density at radius 1 is 1.29 bits per heavy atom. The Hall–Kier alpha value is -2.81. The molecule has 0 aliphatic carbocycles. The molecule has 2 rings (SSSR count). The van der Waals surface area contributed by atoms with E-state index in [2.05, 4.69) is 25.6 Å². The minimum Gasteiger partial charge on any atom is -0.396 e. The number of allylic oxidation sites excluding steroid dienone is 5. The summed E-state index contributed by atoms with van der Waals surface area (Å²) in [6, 6.07) is 0.0880. The molecule has 0 saturated carbocycles. The molecule has 0 aromatic carbocycles. The number of fused-ring (bicyclic) bond motifs is 1. The van der Waals surface area contributed by atoms with Crippen LogP contribution < -0.4 is 10.6 Å². The summed E-state index contributed by atoms with van der Waals surface area (Å²) >= 11 is 0. The normalized spacial score (nSPS) is 14.3. The minimum atomic E-state index is -0.699. The van der Waals surface area contributed by atoms with Gasteiger partial charge in [0.1, 0.15) is 11.3 Å². The molecule has 0 bridgehead atoms. The second kappa shape index (κ2) is 9.93. The van der Waals surface area contributed by atoms with Crippen molar-refractivity contribution in [2.24, 2.45) is 0 Å². The Balaban J connectivity index is 2.35. The molecule has 2 aromatic rings. The van der Waals surface area contributed by atoms with Crippen LogP contribution in [0.1, 0.15) is 40.2 Å². The number of anilines is 2. The molecule has 7 nitrogen and oxygen atoms in total. The second-order valence-electron chi connectivity index (χ2n) is 6.65. The van der Waals surface area contributed by atoms with Crippen molar-refractivity contribution in [1.29, 1.82) is 0 Å². The molecule has 0 saturated heterocycles. The fourth-order valence-electron chi connectivity index (χ4n) is 2.55. The summed E-state index contributed by atoms with van der Waals surface area (Å²) in [5, 5.41) is 15.5. The Labute approximate surface area is 162 Å². The molecule has 0 aliphatic heterocycles. The zero-order valence-electron chi connectivity index (χ0n) is 16.4. The smallest absolute Gasteiger partial charge is 0.224 e. The van der Waals surface area contributed by atoms with Gasteiger partial charge in [0.25, 0.3) is 0 Å². The molecule has 1 unspecified atom stereocenters. The van der Waals surface area contributed by atoms with Crippen molar-refractivity contribution in [2.75, 3.05) is 17.2 Å². The van der Waals surface area contributed by atoms with E-state index in [-0.39, 0.29) is 18.7 Å². The molecule has 0 amide bonds. The average Bonchev–Trinajstić information content (AvgIpc) is 2.95. The van der Waals surface area contributed by atoms with Crippen molar-refractivity contribution < 1.29 is 13.9 Å². The predicted octanol–water partition coefficient (Wildman–Crippen LogP) is 4.24. The molecule has 0 radical (unpaired) electrons. The van der Waals surface area contributed by atoms with E-state index < -0.39 is 11.7 Å². The standard InChI is InChI=1S/C19H26F2N6O/c1-12(2)24-18-23-11-16-17(26-18)27(14(4)7-9-28)19(25-16)22-8-5-6-15(21)10-13(3)20/h5-6,8,10-12,14,28H,7,9H2,1-4H3,(H,22,25)(H,23,24,26)/b8-5+,13-10+,15-6+. The Bertz CT molecular complexity index is 884. The van der Waals surface area contributed by atoms with Gasteiger partial charge in [-0.1, -0.05) is 0 Å². The molecule has 2 aromatic heterocycles. The SMILES string of the molecule is C\C(F)=C/C(F)=C\C=C\Nc1nc2cnc(NC(C)C)nc2n1C(C)CCO. The number of nitrogens with zero attached hydrogens (tertiary/aromatic N) is 4. The molecule has 1 atom stereocenters. The van der Waals surface area contributed by atoms with E-state index in [0.717, 1.165) is 12.2 Å². The lowest BCUT2D eigenvalue weighted by atomic mass is 10.2. The first-order valence-corrected chi connectivity index (χ1v) is 9.06. The highest BCUT2D eigenvalue weighted by molar-refractivity contribution is 5.75. The first-order valence-electron chi connectivity index (χ1n) is 9.06. The molecule has 2 heterocycles. The molecule has 28 heavy (non-hydrogen) atoms. The van der Waals surface area contributed by atoms with Gasteiger partial charge in [-0.3, -0.25) is 4.57 Å². The summed E-state index contributed by atoms with van der Waals surface area (Å²) in [6.45, 7) is 7.11. The van der Waals surface area contributed by atoms with E-state index in [1.54, 1.807) is 6.20 Å². The molecule has 152 valence electrons. The molecular formula is C19H26F2N6O. The molecule has 0 fully saturated rings. The summed E-state index contributed by atoms with van der Waals surface area (Å²) in [6.07, 6.45) is 6.96. The summed E-state index contributed by atoms with van der Waals surface area (Å²) in [7, 11) is 0. The van der Waals surface area contributed by atoms with Crippen molar-refractivity contribution >= 4 is 23.1 Å². The van der Waals surface area contributed by atoms with Crippen LogP contribution in [0.2, 0.25) is 0 Å². The highest BCUT2D eigenvalue weighted by Crippen LogP contribution is 2.25. The van der Waals surface area contributed by atoms with Gasteiger partial charge in [0.15, 0.2) is 5.65 Å². The van der Waals surface area contributed by atoms with Crippen LogP contribution >= 0.6 is 0 Å². The number of hydrogen-bond acceptors (Lipinski definition) is 6. The zero-order valence-corrected chi connectivity index (χ0v) is 16.4. The molecule has 9 heteroatoms. The van der Waals surface area contributed by atoms with Gasteiger partial charge < -0.3 is 15.7 Å². The number of hydrogen-bond donors (Lipinski definition) is 3. The van der Waals surface area contributed by atoms with Gasteiger partial charge in [0.2, 0.25) is 11.9 Å². The van der Waals surface area contributed by atoms with Crippen LogP contribution in [0.3, 0.4) is 0 Å². The predicted molar refractivity (Wildman–Crippen MR) is 107 cm³/mol. The monoisotopic (exact) mass is 392 g/mol. The summed E-state index contributed by atoms with van der Waals surface area (Å²) in [4.78, 5) is 13.3.